The van der Waals surface area contributed by atoms with Crippen molar-refractivity contribution in [2.24, 2.45) is 5.92 Å². The minimum atomic E-state index is -3.77. The van der Waals surface area contributed by atoms with Gasteiger partial charge < -0.3 is 20.1 Å². The summed E-state index contributed by atoms with van der Waals surface area (Å²) in [6.07, 6.45) is -0.0951. The second-order valence-corrected chi connectivity index (χ2v) is 12.0. The number of carbonyl (C=O) groups excluding carboxylic acids is 3. The number of aliphatic hydroxyl groups excluding tert-OH is 1. The molecule has 0 radical (unpaired) electrons. The summed E-state index contributed by atoms with van der Waals surface area (Å²) in [7, 11) is -3.77. The smallest absolute Gasteiger partial charge is 0.224 e. The number of rotatable bonds is 14. The van der Waals surface area contributed by atoms with Crippen LogP contribution in [-0.4, -0.2) is 80.2 Å². The molecule has 1 aliphatic rings. The molecule has 3 unspecified atom stereocenters. The molecule has 0 aliphatic carbocycles. The first-order chi connectivity index (χ1) is 18.7. The number of hydrogen-bond acceptors (Lipinski definition) is 7. The number of benzene rings is 2. The molecule has 2 aromatic carbocycles. The minimum absolute atomic E-state index is 0.266. The van der Waals surface area contributed by atoms with Crippen molar-refractivity contribution in [2.45, 2.75) is 50.5 Å². The van der Waals surface area contributed by atoms with Crippen molar-refractivity contribution in [3.8, 4) is 0 Å². The zero-order valence-electron chi connectivity index (χ0n) is 22.3. The Morgan fingerprint density at radius 1 is 1.00 bits per heavy atom. The average Bonchev–Trinajstić information content (AvgIpc) is 2.95. The van der Waals surface area contributed by atoms with E-state index in [-0.39, 0.29) is 18.1 Å². The van der Waals surface area contributed by atoms with Gasteiger partial charge in [0.05, 0.1) is 36.7 Å². The van der Waals surface area contributed by atoms with Gasteiger partial charge in [-0.25, -0.2) is 8.42 Å². The van der Waals surface area contributed by atoms with Crippen molar-refractivity contribution >= 4 is 27.4 Å². The molecular weight excluding hydrogens is 520 g/mol. The molecule has 212 valence electrons. The number of morpholine rings is 1. The van der Waals surface area contributed by atoms with E-state index in [1.807, 2.05) is 6.92 Å². The van der Waals surface area contributed by atoms with E-state index >= 15 is 0 Å². The standard InChI is InChI=1S/C29H38N2O7S/c1-2-3-14-25(28(34)27(33)23-12-8-5-9-13-23)30-29(35)24(19-26(32)31-15-17-38-18-16-31)21-39(36,37)20-22-10-6-4-7-11-22/h4-13,24-25,28,34H,2-3,14-21H2,1H3,(H,30,35). The van der Waals surface area contributed by atoms with Crippen molar-refractivity contribution in [3.63, 3.8) is 0 Å². The molecule has 1 fully saturated rings. The van der Waals surface area contributed by atoms with Crippen LogP contribution in [0.1, 0.15) is 48.5 Å². The molecule has 2 aromatic rings. The first-order valence-electron chi connectivity index (χ1n) is 13.4. The van der Waals surface area contributed by atoms with Gasteiger partial charge in [-0.05, 0) is 12.0 Å². The summed E-state index contributed by atoms with van der Waals surface area (Å²) in [4.78, 5) is 41.1. The van der Waals surface area contributed by atoms with Gasteiger partial charge in [-0.15, -0.1) is 0 Å². The average molecular weight is 559 g/mol. The first-order valence-corrected chi connectivity index (χ1v) is 15.2. The van der Waals surface area contributed by atoms with Crippen LogP contribution < -0.4 is 5.32 Å². The van der Waals surface area contributed by atoms with E-state index in [0.29, 0.717) is 50.3 Å². The molecule has 2 N–H and O–H groups in total. The summed E-state index contributed by atoms with van der Waals surface area (Å²) in [6, 6.07) is 16.0. The van der Waals surface area contributed by atoms with Crippen LogP contribution in [0.25, 0.3) is 0 Å². The number of Topliss-reactive ketones (excluding diaryl/α,β-unsaturated/α-hetero) is 1. The highest BCUT2D eigenvalue weighted by molar-refractivity contribution is 7.90. The van der Waals surface area contributed by atoms with Gasteiger partial charge in [0, 0.05) is 25.1 Å². The molecule has 0 aromatic heterocycles. The van der Waals surface area contributed by atoms with Gasteiger partial charge >= 0.3 is 0 Å². The number of unbranched alkanes of at least 4 members (excludes halogenated alkanes) is 1. The van der Waals surface area contributed by atoms with Gasteiger partial charge in [0.25, 0.3) is 0 Å². The van der Waals surface area contributed by atoms with Crippen molar-refractivity contribution in [2.75, 3.05) is 32.1 Å². The zero-order chi connectivity index (χ0) is 28.3. The van der Waals surface area contributed by atoms with Crippen molar-refractivity contribution in [1.82, 2.24) is 10.2 Å². The van der Waals surface area contributed by atoms with Crippen LogP contribution in [0.15, 0.2) is 60.7 Å². The Morgan fingerprint density at radius 2 is 1.62 bits per heavy atom. The lowest BCUT2D eigenvalue weighted by molar-refractivity contribution is -0.139. The largest absolute Gasteiger partial charge is 0.383 e. The van der Waals surface area contributed by atoms with E-state index in [1.165, 1.54) is 0 Å². The Bertz CT molecular complexity index is 1180. The Kier molecular flexibility index (Phi) is 11.6. The number of nitrogens with zero attached hydrogens (tertiary/aromatic N) is 1. The highest BCUT2D eigenvalue weighted by atomic mass is 32.2. The summed E-state index contributed by atoms with van der Waals surface area (Å²) in [5, 5.41) is 13.7. The molecular formula is C29H38N2O7S. The number of ketones is 1. The van der Waals surface area contributed by atoms with E-state index in [2.05, 4.69) is 5.32 Å². The maximum absolute atomic E-state index is 13.5. The number of ether oxygens (including phenoxy) is 1. The second-order valence-electron chi connectivity index (χ2n) is 9.87. The van der Waals surface area contributed by atoms with Crippen LogP contribution in [0.3, 0.4) is 0 Å². The van der Waals surface area contributed by atoms with E-state index in [0.717, 1.165) is 6.42 Å². The summed E-state index contributed by atoms with van der Waals surface area (Å²) in [5.41, 5.74) is 0.895. The minimum Gasteiger partial charge on any atom is -0.383 e. The second kappa shape index (κ2) is 14.9. The first kappa shape index (κ1) is 30.5. The maximum Gasteiger partial charge on any atom is 0.224 e. The van der Waals surface area contributed by atoms with E-state index < -0.39 is 45.3 Å². The topological polar surface area (TPSA) is 130 Å². The van der Waals surface area contributed by atoms with Crippen LogP contribution >= 0.6 is 0 Å². The van der Waals surface area contributed by atoms with Crippen LogP contribution in [-0.2, 0) is 29.9 Å². The highest BCUT2D eigenvalue weighted by Crippen LogP contribution is 2.18. The number of sulfone groups is 1. The molecule has 1 heterocycles. The third-order valence-electron chi connectivity index (χ3n) is 6.74. The molecule has 9 nitrogen and oxygen atoms in total. The Hall–Kier alpha value is -3.08. The fraction of sp³-hybridized carbons (Fsp3) is 0.483. The van der Waals surface area contributed by atoms with Crippen molar-refractivity contribution < 1.29 is 32.6 Å². The lowest BCUT2D eigenvalue weighted by Gasteiger charge is -2.29. The maximum atomic E-state index is 13.5. The third-order valence-corrected chi connectivity index (χ3v) is 8.43. The normalized spacial score (nSPS) is 16.2. The van der Waals surface area contributed by atoms with Crippen molar-refractivity contribution in [3.05, 3.63) is 71.8 Å². The zero-order valence-corrected chi connectivity index (χ0v) is 23.1. The van der Waals surface area contributed by atoms with Gasteiger partial charge in [-0.2, -0.15) is 0 Å². The summed E-state index contributed by atoms with van der Waals surface area (Å²) < 4.78 is 31.6. The van der Waals surface area contributed by atoms with Crippen LogP contribution in [0.5, 0.6) is 0 Å². The third kappa shape index (κ3) is 9.56. The van der Waals surface area contributed by atoms with Crippen LogP contribution in [0.4, 0.5) is 0 Å². The Morgan fingerprint density at radius 3 is 2.23 bits per heavy atom. The number of aliphatic hydroxyl groups is 1. The van der Waals surface area contributed by atoms with Gasteiger partial charge in [0.15, 0.2) is 15.6 Å². The molecule has 1 saturated heterocycles. The van der Waals surface area contributed by atoms with Crippen molar-refractivity contribution in [1.29, 1.82) is 0 Å². The van der Waals surface area contributed by atoms with E-state index in [9.17, 15) is 27.9 Å². The number of nitrogens with one attached hydrogen (secondary N) is 1. The molecule has 0 saturated carbocycles. The molecule has 1 aliphatic heterocycles. The molecule has 39 heavy (non-hydrogen) atoms. The van der Waals surface area contributed by atoms with E-state index in [1.54, 1.807) is 65.6 Å². The quantitative estimate of drug-likeness (QED) is 0.341. The fourth-order valence-electron chi connectivity index (χ4n) is 4.56. The van der Waals surface area contributed by atoms with Gasteiger partial charge in [0.1, 0.15) is 6.10 Å². The Labute approximate surface area is 230 Å². The van der Waals surface area contributed by atoms with Crippen LogP contribution in [0, 0.1) is 5.92 Å². The highest BCUT2D eigenvalue weighted by Gasteiger charge is 2.34. The van der Waals surface area contributed by atoms with Gasteiger partial charge in [0.2, 0.25) is 11.8 Å². The lowest BCUT2D eigenvalue weighted by Crippen LogP contribution is -2.50. The molecule has 0 spiro atoms. The van der Waals surface area contributed by atoms with Crippen LogP contribution in [0.2, 0.25) is 0 Å². The number of hydrogen-bond donors (Lipinski definition) is 2. The predicted octanol–water partition coefficient (Wildman–Crippen LogP) is 2.39. The molecule has 10 heteroatoms. The van der Waals surface area contributed by atoms with Gasteiger partial charge in [-0.3, -0.25) is 14.4 Å². The summed E-state index contributed by atoms with van der Waals surface area (Å²) in [6.45, 7) is 3.44. The van der Waals surface area contributed by atoms with E-state index in [4.69, 9.17) is 4.74 Å². The fourth-order valence-corrected chi connectivity index (χ4v) is 6.26. The summed E-state index contributed by atoms with van der Waals surface area (Å²) >= 11 is 0. The van der Waals surface area contributed by atoms with Gasteiger partial charge in [-0.1, -0.05) is 80.4 Å². The number of amides is 2. The lowest BCUT2D eigenvalue weighted by atomic mass is 9.95. The predicted molar refractivity (Wildman–Crippen MR) is 148 cm³/mol. The molecule has 3 rings (SSSR count). The molecule has 0 bridgehead atoms. The summed E-state index contributed by atoms with van der Waals surface area (Å²) in [5.74, 6) is -3.52. The molecule has 2 amide bonds. The Balaban J connectivity index is 1.80. The molecule has 3 atom stereocenters. The SMILES string of the molecule is CCCCC(NC(=O)C(CC(=O)N1CCOCC1)CS(=O)(=O)Cc1ccccc1)C(O)C(=O)c1ccccc1. The monoisotopic (exact) mass is 558 g/mol. The number of carbonyl (C=O) groups is 3.